The van der Waals surface area contributed by atoms with Gasteiger partial charge in [0.15, 0.2) is 0 Å². The molecule has 0 fully saturated rings. The number of hydrogen-bond donors (Lipinski definition) is 0. The van der Waals surface area contributed by atoms with E-state index in [1.54, 1.807) is 0 Å². The Bertz CT molecular complexity index is 1100. The molecule has 0 saturated carbocycles. The number of rotatable bonds is 10. The summed E-state index contributed by atoms with van der Waals surface area (Å²) in [5.41, 5.74) is 3.08. The van der Waals surface area contributed by atoms with Crippen LogP contribution in [0.25, 0.3) is 0 Å². The average Bonchev–Trinajstić information content (AvgIpc) is 2.73. The monoisotopic (exact) mass is 440 g/mol. The number of ether oxygens (including phenoxy) is 1. The molecule has 31 heavy (non-hydrogen) atoms. The lowest BCUT2D eigenvalue weighted by molar-refractivity contribution is 0.458. The van der Waals surface area contributed by atoms with E-state index in [0.29, 0.717) is 43.1 Å². The second kappa shape index (κ2) is 10.4. The Balaban J connectivity index is 1.59. The number of benzene rings is 1. The second-order valence-electron chi connectivity index (χ2n) is 7.59. The van der Waals surface area contributed by atoms with Crippen LogP contribution in [0, 0.1) is 6.92 Å². The first kappa shape index (κ1) is 22.8. The third kappa shape index (κ3) is 7.71. The van der Waals surface area contributed by atoms with E-state index in [0.717, 1.165) is 29.1 Å². The SMILES string of the molecule is CCc1cnc(CCc2cc(Oc3ccc(CCCS(C)(=O)=O)cc3)nc(C)n2)nc1. The van der Waals surface area contributed by atoms with Gasteiger partial charge in [0.25, 0.3) is 0 Å². The maximum atomic E-state index is 11.2. The van der Waals surface area contributed by atoms with Crippen molar-refractivity contribution in [1.29, 1.82) is 0 Å². The largest absolute Gasteiger partial charge is 0.439 e. The summed E-state index contributed by atoms with van der Waals surface area (Å²) in [5, 5.41) is 0. The van der Waals surface area contributed by atoms with Crippen LogP contribution in [0.4, 0.5) is 0 Å². The zero-order valence-corrected chi connectivity index (χ0v) is 19.0. The summed E-state index contributed by atoms with van der Waals surface area (Å²) in [6, 6.07) is 9.48. The van der Waals surface area contributed by atoms with Crippen molar-refractivity contribution in [3.63, 3.8) is 0 Å². The van der Waals surface area contributed by atoms with Gasteiger partial charge < -0.3 is 4.74 Å². The standard InChI is InChI=1S/C23H28N4O3S/c1-4-18-15-24-22(25-16-18)12-9-20-14-23(27-17(2)26-20)30-21-10-7-19(8-11-21)6-5-13-31(3,28)29/h7-8,10-11,14-16H,4-6,9,12-13H2,1-3H3. The fourth-order valence-corrected chi connectivity index (χ4v) is 3.76. The molecule has 0 aliphatic rings. The van der Waals surface area contributed by atoms with Crippen molar-refractivity contribution in [2.75, 3.05) is 12.0 Å². The summed E-state index contributed by atoms with van der Waals surface area (Å²) < 4.78 is 28.4. The zero-order chi connectivity index (χ0) is 22.3. The van der Waals surface area contributed by atoms with E-state index >= 15 is 0 Å². The molecule has 7 nitrogen and oxygen atoms in total. The summed E-state index contributed by atoms with van der Waals surface area (Å²) in [6.07, 6.45) is 8.64. The van der Waals surface area contributed by atoms with Crippen molar-refractivity contribution in [1.82, 2.24) is 19.9 Å². The van der Waals surface area contributed by atoms with Crippen molar-refractivity contribution in [2.24, 2.45) is 0 Å². The predicted molar refractivity (Wildman–Crippen MR) is 120 cm³/mol. The average molecular weight is 441 g/mol. The Morgan fingerprint density at radius 2 is 1.65 bits per heavy atom. The van der Waals surface area contributed by atoms with Crippen molar-refractivity contribution < 1.29 is 13.2 Å². The molecule has 0 N–H and O–H groups in total. The second-order valence-corrected chi connectivity index (χ2v) is 9.85. The molecule has 3 rings (SSSR count). The molecule has 8 heteroatoms. The van der Waals surface area contributed by atoms with E-state index < -0.39 is 9.84 Å². The van der Waals surface area contributed by atoms with E-state index in [1.165, 1.54) is 6.26 Å². The van der Waals surface area contributed by atoms with Crippen LogP contribution in [0.2, 0.25) is 0 Å². The van der Waals surface area contributed by atoms with Crippen LogP contribution in [0.1, 0.15) is 41.8 Å². The van der Waals surface area contributed by atoms with Crippen LogP contribution in [0.15, 0.2) is 42.7 Å². The van der Waals surface area contributed by atoms with E-state index in [4.69, 9.17) is 4.74 Å². The van der Waals surface area contributed by atoms with E-state index in [2.05, 4.69) is 26.9 Å². The Hall–Kier alpha value is -2.87. The van der Waals surface area contributed by atoms with Gasteiger partial charge in [-0.15, -0.1) is 0 Å². The lowest BCUT2D eigenvalue weighted by Gasteiger charge is -2.09. The van der Waals surface area contributed by atoms with Crippen LogP contribution in [0.3, 0.4) is 0 Å². The minimum atomic E-state index is -2.92. The van der Waals surface area contributed by atoms with Crippen LogP contribution in [0.5, 0.6) is 11.6 Å². The van der Waals surface area contributed by atoms with Gasteiger partial charge in [0.2, 0.25) is 5.88 Å². The topological polar surface area (TPSA) is 94.9 Å². The summed E-state index contributed by atoms with van der Waals surface area (Å²) >= 11 is 0. The van der Waals surface area contributed by atoms with Gasteiger partial charge in [0.05, 0.1) is 5.75 Å². The summed E-state index contributed by atoms with van der Waals surface area (Å²) in [4.78, 5) is 17.7. The van der Waals surface area contributed by atoms with Gasteiger partial charge >= 0.3 is 0 Å². The minimum absolute atomic E-state index is 0.196. The molecular formula is C23H28N4O3S. The maximum absolute atomic E-state index is 11.2. The zero-order valence-electron chi connectivity index (χ0n) is 18.2. The molecular weight excluding hydrogens is 412 g/mol. The fraction of sp³-hybridized carbons (Fsp3) is 0.391. The highest BCUT2D eigenvalue weighted by atomic mass is 32.2. The number of nitrogens with zero attached hydrogens (tertiary/aromatic N) is 4. The third-order valence-electron chi connectivity index (χ3n) is 4.77. The van der Waals surface area contributed by atoms with E-state index in [-0.39, 0.29) is 5.75 Å². The quantitative estimate of drug-likeness (QED) is 0.474. The van der Waals surface area contributed by atoms with Crippen LogP contribution in [-0.2, 0) is 35.5 Å². The van der Waals surface area contributed by atoms with Crippen molar-refractivity contribution in [2.45, 2.75) is 46.0 Å². The molecule has 0 bridgehead atoms. The molecule has 2 heterocycles. The number of sulfone groups is 1. The first-order chi connectivity index (χ1) is 14.8. The van der Waals surface area contributed by atoms with Gasteiger partial charge in [-0.3, -0.25) is 0 Å². The lowest BCUT2D eigenvalue weighted by Crippen LogP contribution is -2.04. The smallest absolute Gasteiger partial charge is 0.222 e. The van der Waals surface area contributed by atoms with Gasteiger partial charge in [-0.1, -0.05) is 19.1 Å². The van der Waals surface area contributed by atoms with Gasteiger partial charge in [0.1, 0.15) is 27.2 Å². The number of aromatic nitrogens is 4. The molecule has 164 valence electrons. The molecule has 0 aliphatic heterocycles. The van der Waals surface area contributed by atoms with Gasteiger partial charge in [0, 0.05) is 36.8 Å². The molecule has 0 atom stereocenters. The van der Waals surface area contributed by atoms with Gasteiger partial charge in [-0.05, 0) is 55.9 Å². The Morgan fingerprint density at radius 3 is 2.29 bits per heavy atom. The molecule has 2 aromatic heterocycles. The summed E-state index contributed by atoms with van der Waals surface area (Å²) in [5.74, 6) is 2.81. The van der Waals surface area contributed by atoms with E-state index in [9.17, 15) is 8.42 Å². The minimum Gasteiger partial charge on any atom is -0.439 e. The normalized spacial score (nSPS) is 11.5. The molecule has 0 unspecified atom stereocenters. The van der Waals surface area contributed by atoms with E-state index in [1.807, 2.05) is 49.6 Å². The Labute approximate surface area is 183 Å². The molecule has 0 aliphatic carbocycles. The fourth-order valence-electron chi connectivity index (χ4n) is 3.10. The first-order valence-corrected chi connectivity index (χ1v) is 12.5. The third-order valence-corrected chi connectivity index (χ3v) is 5.80. The summed E-state index contributed by atoms with van der Waals surface area (Å²) in [6.45, 7) is 3.92. The van der Waals surface area contributed by atoms with Crippen LogP contribution < -0.4 is 4.74 Å². The van der Waals surface area contributed by atoms with Crippen LogP contribution >= 0.6 is 0 Å². The molecule has 3 aromatic rings. The van der Waals surface area contributed by atoms with Crippen molar-refractivity contribution in [3.8, 4) is 11.6 Å². The molecule has 0 amide bonds. The highest BCUT2D eigenvalue weighted by Gasteiger charge is 2.07. The van der Waals surface area contributed by atoms with Gasteiger partial charge in [-0.2, -0.15) is 4.98 Å². The lowest BCUT2D eigenvalue weighted by atomic mass is 10.1. The Morgan fingerprint density at radius 1 is 0.935 bits per heavy atom. The highest BCUT2D eigenvalue weighted by Crippen LogP contribution is 2.21. The van der Waals surface area contributed by atoms with Crippen molar-refractivity contribution in [3.05, 3.63) is 71.2 Å². The molecule has 1 aromatic carbocycles. The van der Waals surface area contributed by atoms with Crippen LogP contribution in [-0.4, -0.2) is 40.4 Å². The van der Waals surface area contributed by atoms with Gasteiger partial charge in [-0.25, -0.2) is 23.4 Å². The number of hydrogen-bond acceptors (Lipinski definition) is 7. The summed E-state index contributed by atoms with van der Waals surface area (Å²) in [7, 11) is -2.92. The Kier molecular flexibility index (Phi) is 7.68. The first-order valence-electron chi connectivity index (χ1n) is 10.4. The molecule has 0 spiro atoms. The van der Waals surface area contributed by atoms with Crippen molar-refractivity contribution >= 4 is 9.84 Å². The molecule has 0 radical (unpaired) electrons. The highest BCUT2D eigenvalue weighted by molar-refractivity contribution is 7.90. The number of aryl methyl sites for hydroxylation is 5. The molecule has 0 saturated heterocycles. The predicted octanol–water partition coefficient (Wildman–Crippen LogP) is 3.69. The maximum Gasteiger partial charge on any atom is 0.222 e.